The van der Waals surface area contributed by atoms with Crippen molar-refractivity contribution in [2.75, 3.05) is 11.1 Å². The quantitative estimate of drug-likeness (QED) is 0.323. The molecule has 0 spiro atoms. The van der Waals surface area contributed by atoms with Crippen LogP contribution in [0.3, 0.4) is 0 Å². The van der Waals surface area contributed by atoms with Crippen molar-refractivity contribution in [3.05, 3.63) is 95.8 Å². The van der Waals surface area contributed by atoms with E-state index in [-0.39, 0.29) is 11.7 Å². The van der Waals surface area contributed by atoms with E-state index in [0.29, 0.717) is 22.5 Å². The molecule has 3 aromatic heterocycles. The van der Waals surface area contributed by atoms with Crippen molar-refractivity contribution >= 4 is 34.1 Å². The molecule has 0 fully saturated rings. The third-order valence-corrected chi connectivity index (χ3v) is 6.58. The molecule has 0 bridgehead atoms. The Hall–Kier alpha value is -3.89. The van der Waals surface area contributed by atoms with Crippen molar-refractivity contribution in [1.82, 2.24) is 29.9 Å². The number of hydrogen-bond donors (Lipinski definition) is 1. The largest absolute Gasteiger partial charge is 0.300 e. The minimum atomic E-state index is -0.182. The van der Waals surface area contributed by atoms with E-state index in [1.54, 1.807) is 12.4 Å². The number of para-hydroxylation sites is 1. The monoisotopic (exact) mass is 485 g/mol. The fraction of sp³-hybridized carbons (Fsp3) is 0.0833. The molecule has 0 atom stereocenters. The molecule has 2 aromatic carbocycles. The normalized spacial score (nSPS) is 10.8. The SMILES string of the molecule is O=C(CSc1nnc(-c2cccnc2)n1-c1ccccc1)Nc1nnc(Cc2ccccc2)s1. The topological polar surface area (TPSA) is 98.5 Å². The molecule has 10 heteroatoms. The molecule has 0 aliphatic carbocycles. The molecule has 0 radical (unpaired) electrons. The number of carbonyl (C=O) groups is 1. The minimum Gasteiger partial charge on any atom is -0.300 e. The molecule has 0 aliphatic heterocycles. The Kier molecular flexibility index (Phi) is 6.68. The predicted molar refractivity (Wildman–Crippen MR) is 133 cm³/mol. The summed E-state index contributed by atoms with van der Waals surface area (Å²) >= 11 is 2.68. The first-order valence-corrected chi connectivity index (χ1v) is 12.3. The Balaban J connectivity index is 1.28. The summed E-state index contributed by atoms with van der Waals surface area (Å²) in [6.07, 6.45) is 4.14. The maximum atomic E-state index is 12.6. The Morgan fingerprint density at radius 1 is 0.912 bits per heavy atom. The van der Waals surface area contributed by atoms with Crippen LogP contribution in [0.2, 0.25) is 0 Å². The summed E-state index contributed by atoms with van der Waals surface area (Å²) in [5.41, 5.74) is 2.90. The van der Waals surface area contributed by atoms with Crippen molar-refractivity contribution < 1.29 is 4.79 Å². The zero-order valence-corrected chi connectivity index (χ0v) is 19.5. The maximum absolute atomic E-state index is 12.6. The van der Waals surface area contributed by atoms with E-state index in [1.807, 2.05) is 77.4 Å². The first-order valence-electron chi connectivity index (χ1n) is 10.5. The van der Waals surface area contributed by atoms with Gasteiger partial charge in [-0.15, -0.1) is 20.4 Å². The van der Waals surface area contributed by atoms with E-state index in [4.69, 9.17) is 0 Å². The fourth-order valence-corrected chi connectivity index (χ4v) is 4.83. The Morgan fingerprint density at radius 2 is 1.71 bits per heavy atom. The number of hydrogen-bond acceptors (Lipinski definition) is 8. The van der Waals surface area contributed by atoms with E-state index in [1.165, 1.54) is 23.1 Å². The third-order valence-electron chi connectivity index (χ3n) is 4.81. The van der Waals surface area contributed by atoms with Crippen LogP contribution in [-0.2, 0) is 11.2 Å². The number of rotatable bonds is 8. The van der Waals surface area contributed by atoms with Gasteiger partial charge < -0.3 is 0 Å². The van der Waals surface area contributed by atoms with Crippen LogP contribution in [0.1, 0.15) is 10.6 Å². The standard InChI is InChI=1S/C24H19N7OS2/c32-20(26-23-29-27-21(34-23)14-17-8-3-1-4-9-17)16-33-24-30-28-22(18-10-7-13-25-15-18)31(24)19-11-5-2-6-12-19/h1-13,15H,14,16H2,(H,26,29,32). The van der Waals surface area contributed by atoms with Crippen molar-refractivity contribution in [1.29, 1.82) is 0 Å². The number of thioether (sulfide) groups is 1. The van der Waals surface area contributed by atoms with Crippen molar-refractivity contribution in [3.8, 4) is 17.1 Å². The summed E-state index contributed by atoms with van der Waals surface area (Å²) in [5.74, 6) is 0.640. The van der Waals surface area contributed by atoms with E-state index in [2.05, 4.69) is 30.7 Å². The Morgan fingerprint density at radius 3 is 2.47 bits per heavy atom. The van der Waals surface area contributed by atoms with Crippen LogP contribution >= 0.6 is 23.1 Å². The van der Waals surface area contributed by atoms with Gasteiger partial charge in [0.2, 0.25) is 11.0 Å². The molecule has 8 nitrogen and oxygen atoms in total. The molecule has 1 N–H and O–H groups in total. The highest BCUT2D eigenvalue weighted by Gasteiger charge is 2.18. The number of aromatic nitrogens is 6. The molecule has 34 heavy (non-hydrogen) atoms. The summed E-state index contributed by atoms with van der Waals surface area (Å²) in [4.78, 5) is 16.8. The molecule has 0 saturated heterocycles. The number of anilines is 1. The Bertz CT molecular complexity index is 1370. The first-order chi connectivity index (χ1) is 16.8. The smallest absolute Gasteiger partial charge is 0.236 e. The molecule has 0 unspecified atom stereocenters. The molecular weight excluding hydrogens is 466 g/mol. The van der Waals surface area contributed by atoms with Gasteiger partial charge in [0.1, 0.15) is 5.01 Å². The minimum absolute atomic E-state index is 0.158. The molecule has 0 aliphatic rings. The summed E-state index contributed by atoms with van der Waals surface area (Å²) in [6.45, 7) is 0. The van der Waals surface area contributed by atoms with E-state index in [9.17, 15) is 4.79 Å². The third kappa shape index (κ3) is 5.19. The van der Waals surface area contributed by atoms with Gasteiger partial charge in [-0.1, -0.05) is 71.6 Å². The van der Waals surface area contributed by atoms with Gasteiger partial charge in [-0.3, -0.25) is 19.7 Å². The van der Waals surface area contributed by atoms with Gasteiger partial charge in [0, 0.05) is 30.1 Å². The van der Waals surface area contributed by atoms with Gasteiger partial charge in [-0.25, -0.2) is 0 Å². The number of nitrogens with zero attached hydrogens (tertiary/aromatic N) is 6. The van der Waals surface area contributed by atoms with Crippen LogP contribution in [0.25, 0.3) is 17.1 Å². The van der Waals surface area contributed by atoms with Crippen LogP contribution < -0.4 is 5.32 Å². The maximum Gasteiger partial charge on any atom is 0.236 e. The molecule has 3 heterocycles. The first kappa shape index (κ1) is 21.9. The summed E-state index contributed by atoms with van der Waals surface area (Å²) in [6, 6.07) is 23.6. The second kappa shape index (κ2) is 10.4. The van der Waals surface area contributed by atoms with Gasteiger partial charge in [-0.2, -0.15) is 0 Å². The lowest BCUT2D eigenvalue weighted by atomic mass is 10.2. The predicted octanol–water partition coefficient (Wildman–Crippen LogP) is 4.50. The van der Waals surface area contributed by atoms with Crippen LogP contribution in [0.15, 0.2) is 90.3 Å². The number of pyridine rings is 1. The van der Waals surface area contributed by atoms with Crippen LogP contribution in [0.4, 0.5) is 5.13 Å². The average Bonchev–Trinajstić information content (AvgIpc) is 3.51. The van der Waals surface area contributed by atoms with Gasteiger partial charge in [0.25, 0.3) is 0 Å². The van der Waals surface area contributed by atoms with E-state index in [0.717, 1.165) is 21.8 Å². The lowest BCUT2D eigenvalue weighted by Crippen LogP contribution is -2.14. The summed E-state index contributed by atoms with van der Waals surface area (Å²) in [5, 5.41) is 21.8. The average molecular weight is 486 g/mol. The van der Waals surface area contributed by atoms with Crippen LogP contribution in [-0.4, -0.2) is 41.6 Å². The Labute approximate surface area is 204 Å². The molecule has 5 rings (SSSR count). The van der Waals surface area contributed by atoms with Gasteiger partial charge >= 0.3 is 0 Å². The van der Waals surface area contributed by atoms with Gasteiger partial charge in [0.05, 0.1) is 5.75 Å². The number of benzene rings is 2. The van der Waals surface area contributed by atoms with Gasteiger partial charge in [-0.05, 0) is 29.8 Å². The fourth-order valence-electron chi connectivity index (χ4n) is 3.29. The van der Waals surface area contributed by atoms with Crippen molar-refractivity contribution in [3.63, 3.8) is 0 Å². The zero-order valence-electron chi connectivity index (χ0n) is 17.9. The zero-order chi connectivity index (χ0) is 23.2. The van der Waals surface area contributed by atoms with Crippen LogP contribution in [0.5, 0.6) is 0 Å². The number of carbonyl (C=O) groups excluding carboxylic acids is 1. The molecule has 5 aromatic rings. The highest BCUT2D eigenvalue weighted by Crippen LogP contribution is 2.28. The summed E-state index contributed by atoms with van der Waals surface area (Å²) < 4.78 is 1.93. The number of amides is 1. The van der Waals surface area contributed by atoms with Crippen molar-refractivity contribution in [2.45, 2.75) is 11.6 Å². The van der Waals surface area contributed by atoms with E-state index < -0.39 is 0 Å². The molecule has 168 valence electrons. The van der Waals surface area contributed by atoms with Crippen molar-refractivity contribution in [2.24, 2.45) is 0 Å². The lowest BCUT2D eigenvalue weighted by Gasteiger charge is -2.10. The molecular formula is C24H19N7OS2. The summed E-state index contributed by atoms with van der Waals surface area (Å²) in [7, 11) is 0. The van der Waals surface area contributed by atoms with Gasteiger partial charge in [0.15, 0.2) is 11.0 Å². The molecule has 1 amide bonds. The highest BCUT2D eigenvalue weighted by molar-refractivity contribution is 7.99. The van der Waals surface area contributed by atoms with E-state index >= 15 is 0 Å². The second-order valence-corrected chi connectivity index (χ2v) is 9.22. The lowest BCUT2D eigenvalue weighted by molar-refractivity contribution is -0.113. The molecule has 0 saturated carbocycles. The number of nitrogens with one attached hydrogen (secondary N) is 1. The van der Waals surface area contributed by atoms with Crippen LogP contribution in [0, 0.1) is 0 Å². The second-order valence-electron chi connectivity index (χ2n) is 7.22. The highest BCUT2D eigenvalue weighted by atomic mass is 32.2.